The van der Waals surface area contributed by atoms with Crippen molar-refractivity contribution in [1.82, 2.24) is 0 Å². The molecule has 5 nitrogen and oxygen atoms in total. The number of ether oxygens (including phenoxy) is 1. The second-order valence-electron chi connectivity index (χ2n) is 5.16. The van der Waals surface area contributed by atoms with Crippen LogP contribution >= 0.6 is 15.9 Å². The number of ketones is 1. The molecular formula is C18H14BrNO4. The Kier molecular flexibility index (Phi) is 4.40. The van der Waals surface area contributed by atoms with Crippen molar-refractivity contribution in [3.8, 4) is 5.75 Å². The fourth-order valence-corrected chi connectivity index (χ4v) is 2.82. The highest BCUT2D eigenvalue weighted by molar-refractivity contribution is 9.10. The standard InChI is InChI=1S/C18H14BrNO4/c1-10(21)17-16(13-9-11(19)7-8-15(13)24-17)20-18(22)12-5-3-4-6-14(12)23-2/h3-9H,1-2H3,(H,20,22). The Balaban J connectivity index is 2.08. The van der Waals surface area contributed by atoms with E-state index in [1.807, 2.05) is 6.07 Å². The van der Waals surface area contributed by atoms with E-state index in [1.54, 1.807) is 36.4 Å². The smallest absolute Gasteiger partial charge is 0.259 e. The molecule has 6 heteroatoms. The van der Waals surface area contributed by atoms with Crippen LogP contribution in [0.1, 0.15) is 27.8 Å². The highest BCUT2D eigenvalue weighted by Crippen LogP contribution is 2.34. The number of carbonyl (C=O) groups is 2. The number of amides is 1. The van der Waals surface area contributed by atoms with Crippen LogP contribution in [0.4, 0.5) is 5.69 Å². The number of Topliss-reactive ketones (excluding diaryl/α,β-unsaturated/α-hetero) is 1. The third kappa shape index (κ3) is 2.92. The van der Waals surface area contributed by atoms with Gasteiger partial charge in [-0.1, -0.05) is 28.1 Å². The lowest BCUT2D eigenvalue weighted by Gasteiger charge is -2.09. The Hall–Kier alpha value is -2.60. The minimum atomic E-state index is -0.377. The first-order chi connectivity index (χ1) is 11.5. The Bertz CT molecular complexity index is 945. The first-order valence-corrected chi connectivity index (χ1v) is 7.98. The number of methoxy groups -OCH3 is 1. The topological polar surface area (TPSA) is 68.5 Å². The molecule has 1 N–H and O–H groups in total. The van der Waals surface area contributed by atoms with Gasteiger partial charge in [-0.15, -0.1) is 0 Å². The van der Waals surface area contributed by atoms with Gasteiger partial charge in [0.25, 0.3) is 5.91 Å². The largest absolute Gasteiger partial charge is 0.496 e. The molecule has 1 amide bonds. The summed E-state index contributed by atoms with van der Waals surface area (Å²) in [5, 5.41) is 3.43. The normalized spacial score (nSPS) is 10.6. The third-order valence-electron chi connectivity index (χ3n) is 3.56. The van der Waals surface area contributed by atoms with Crippen molar-refractivity contribution in [2.24, 2.45) is 0 Å². The minimum absolute atomic E-state index is 0.117. The lowest BCUT2D eigenvalue weighted by atomic mass is 10.1. The van der Waals surface area contributed by atoms with Gasteiger partial charge in [-0.05, 0) is 30.3 Å². The van der Waals surface area contributed by atoms with E-state index in [4.69, 9.17) is 9.15 Å². The predicted octanol–water partition coefficient (Wildman–Crippen LogP) is 4.66. The highest BCUT2D eigenvalue weighted by atomic mass is 79.9. The number of nitrogens with one attached hydrogen (secondary N) is 1. The zero-order chi connectivity index (χ0) is 17.3. The lowest BCUT2D eigenvalue weighted by Crippen LogP contribution is -2.14. The van der Waals surface area contributed by atoms with E-state index in [0.29, 0.717) is 28.0 Å². The molecule has 0 saturated heterocycles. The summed E-state index contributed by atoms with van der Waals surface area (Å²) in [5.74, 6) is -0.0741. The van der Waals surface area contributed by atoms with Gasteiger partial charge in [0.05, 0.1) is 18.4 Å². The van der Waals surface area contributed by atoms with E-state index >= 15 is 0 Å². The number of hydrogen-bond donors (Lipinski definition) is 1. The molecule has 3 rings (SSSR count). The number of fused-ring (bicyclic) bond motifs is 1. The van der Waals surface area contributed by atoms with E-state index < -0.39 is 0 Å². The number of anilines is 1. The van der Waals surface area contributed by atoms with Crippen LogP contribution in [0.15, 0.2) is 51.4 Å². The van der Waals surface area contributed by atoms with Gasteiger partial charge in [0, 0.05) is 16.8 Å². The highest BCUT2D eigenvalue weighted by Gasteiger charge is 2.21. The molecular weight excluding hydrogens is 374 g/mol. The zero-order valence-corrected chi connectivity index (χ0v) is 14.6. The molecule has 3 aromatic rings. The molecule has 1 aromatic heterocycles. The average Bonchev–Trinajstić information content (AvgIpc) is 2.93. The van der Waals surface area contributed by atoms with E-state index in [2.05, 4.69) is 21.2 Å². The molecule has 0 saturated carbocycles. The van der Waals surface area contributed by atoms with Crippen LogP contribution in [0.25, 0.3) is 11.0 Å². The van der Waals surface area contributed by atoms with Crippen molar-refractivity contribution < 1.29 is 18.7 Å². The number of hydrogen-bond acceptors (Lipinski definition) is 4. The van der Waals surface area contributed by atoms with Gasteiger partial charge >= 0.3 is 0 Å². The Morgan fingerprint density at radius 1 is 1.17 bits per heavy atom. The second-order valence-corrected chi connectivity index (χ2v) is 6.07. The SMILES string of the molecule is COc1ccccc1C(=O)Nc1c(C(C)=O)oc2ccc(Br)cc12. The molecule has 0 aliphatic carbocycles. The molecule has 24 heavy (non-hydrogen) atoms. The molecule has 0 fully saturated rings. The maximum absolute atomic E-state index is 12.6. The molecule has 0 aliphatic heterocycles. The van der Waals surface area contributed by atoms with E-state index in [-0.39, 0.29) is 17.5 Å². The van der Waals surface area contributed by atoms with Crippen LogP contribution in [-0.2, 0) is 0 Å². The van der Waals surface area contributed by atoms with E-state index in [9.17, 15) is 9.59 Å². The van der Waals surface area contributed by atoms with Crippen LogP contribution < -0.4 is 10.1 Å². The number of furan rings is 1. The van der Waals surface area contributed by atoms with Crippen molar-refractivity contribution in [1.29, 1.82) is 0 Å². The second kappa shape index (κ2) is 6.49. The Morgan fingerprint density at radius 2 is 1.92 bits per heavy atom. The number of benzene rings is 2. The van der Waals surface area contributed by atoms with Gasteiger partial charge in [-0.2, -0.15) is 0 Å². The van der Waals surface area contributed by atoms with E-state index in [1.165, 1.54) is 14.0 Å². The molecule has 0 bridgehead atoms. The van der Waals surface area contributed by atoms with Crippen LogP contribution in [0, 0.1) is 0 Å². The summed E-state index contributed by atoms with van der Waals surface area (Å²) in [4.78, 5) is 24.5. The summed E-state index contributed by atoms with van der Waals surface area (Å²) >= 11 is 3.39. The summed E-state index contributed by atoms with van der Waals surface area (Å²) in [5.41, 5.74) is 1.26. The summed E-state index contributed by atoms with van der Waals surface area (Å²) < 4.78 is 11.6. The fraction of sp³-hybridized carbons (Fsp3) is 0.111. The molecule has 0 radical (unpaired) electrons. The number of para-hydroxylation sites is 1. The summed E-state index contributed by atoms with van der Waals surface area (Å²) in [6.45, 7) is 1.39. The van der Waals surface area contributed by atoms with Gasteiger partial charge in [0.2, 0.25) is 0 Å². The van der Waals surface area contributed by atoms with Gasteiger partial charge in [-0.3, -0.25) is 9.59 Å². The molecule has 0 spiro atoms. The number of rotatable bonds is 4. The monoisotopic (exact) mass is 387 g/mol. The molecule has 1 heterocycles. The molecule has 122 valence electrons. The quantitative estimate of drug-likeness (QED) is 0.661. The average molecular weight is 388 g/mol. The summed E-state index contributed by atoms with van der Waals surface area (Å²) in [6.07, 6.45) is 0. The summed E-state index contributed by atoms with van der Waals surface area (Å²) in [6, 6.07) is 12.2. The van der Waals surface area contributed by atoms with Crippen LogP contribution in [0.2, 0.25) is 0 Å². The Morgan fingerprint density at radius 3 is 2.62 bits per heavy atom. The van der Waals surface area contributed by atoms with Crippen molar-refractivity contribution in [2.75, 3.05) is 12.4 Å². The first-order valence-electron chi connectivity index (χ1n) is 7.18. The number of carbonyl (C=O) groups excluding carboxylic acids is 2. The van der Waals surface area contributed by atoms with Crippen molar-refractivity contribution in [3.05, 3.63) is 58.3 Å². The van der Waals surface area contributed by atoms with Gasteiger partial charge in [-0.25, -0.2) is 0 Å². The van der Waals surface area contributed by atoms with Gasteiger partial charge in [0.15, 0.2) is 11.5 Å². The van der Waals surface area contributed by atoms with Crippen LogP contribution in [0.5, 0.6) is 5.75 Å². The third-order valence-corrected chi connectivity index (χ3v) is 4.05. The number of halogens is 1. The van der Waals surface area contributed by atoms with Crippen LogP contribution in [0.3, 0.4) is 0 Å². The summed E-state index contributed by atoms with van der Waals surface area (Å²) in [7, 11) is 1.50. The minimum Gasteiger partial charge on any atom is -0.496 e. The van der Waals surface area contributed by atoms with E-state index in [0.717, 1.165) is 4.47 Å². The molecule has 0 atom stereocenters. The molecule has 0 unspecified atom stereocenters. The maximum atomic E-state index is 12.6. The fourth-order valence-electron chi connectivity index (χ4n) is 2.45. The zero-order valence-electron chi connectivity index (χ0n) is 13.1. The predicted molar refractivity (Wildman–Crippen MR) is 94.9 cm³/mol. The van der Waals surface area contributed by atoms with Crippen molar-refractivity contribution in [3.63, 3.8) is 0 Å². The van der Waals surface area contributed by atoms with Crippen molar-refractivity contribution in [2.45, 2.75) is 6.92 Å². The molecule has 0 aliphatic rings. The Labute approximate surface area is 146 Å². The van der Waals surface area contributed by atoms with Gasteiger partial charge in [0.1, 0.15) is 11.3 Å². The van der Waals surface area contributed by atoms with Crippen molar-refractivity contribution >= 4 is 44.3 Å². The lowest BCUT2D eigenvalue weighted by molar-refractivity contribution is 0.0990. The maximum Gasteiger partial charge on any atom is 0.259 e. The van der Waals surface area contributed by atoms with Gasteiger partial charge < -0.3 is 14.5 Å². The van der Waals surface area contributed by atoms with Crippen LogP contribution in [-0.4, -0.2) is 18.8 Å². The first kappa shape index (κ1) is 16.3. The molecule has 2 aromatic carbocycles.